The van der Waals surface area contributed by atoms with Gasteiger partial charge < -0.3 is 89.9 Å². The number of aliphatic hydroxyl groups is 11. The Labute approximate surface area is 586 Å². The van der Waals surface area contributed by atoms with Crippen LogP contribution in [0.3, 0.4) is 0 Å². The highest BCUT2D eigenvalue weighted by molar-refractivity contribution is 5.76. The third-order valence-corrected chi connectivity index (χ3v) is 19.7. The van der Waals surface area contributed by atoms with E-state index in [0.29, 0.717) is 12.8 Å². The molecular formula is C78H143NO18. The number of amides is 1. The van der Waals surface area contributed by atoms with Crippen molar-refractivity contribution >= 4 is 5.91 Å². The van der Waals surface area contributed by atoms with Gasteiger partial charge in [0, 0.05) is 6.42 Å². The molecule has 0 spiro atoms. The van der Waals surface area contributed by atoms with Crippen molar-refractivity contribution in [2.24, 2.45) is 0 Å². The average molecular weight is 1380 g/mol. The first-order valence-electron chi connectivity index (χ1n) is 39.4. The molecule has 17 unspecified atom stereocenters. The van der Waals surface area contributed by atoms with Crippen LogP contribution in [0.15, 0.2) is 48.6 Å². The largest absolute Gasteiger partial charge is 0.394 e. The minimum atomic E-state index is -1.98. The Morgan fingerprint density at radius 2 is 0.711 bits per heavy atom. The third kappa shape index (κ3) is 39.8. The van der Waals surface area contributed by atoms with Crippen molar-refractivity contribution in [3.8, 4) is 0 Å². The number of ether oxygens (including phenoxy) is 6. The quantitative estimate of drug-likeness (QED) is 0.0199. The summed E-state index contributed by atoms with van der Waals surface area (Å²) < 4.78 is 34.5. The molecule has 3 aliphatic heterocycles. The third-order valence-electron chi connectivity index (χ3n) is 19.7. The van der Waals surface area contributed by atoms with E-state index in [1.54, 1.807) is 0 Å². The molecule has 3 saturated heterocycles. The monoisotopic (exact) mass is 1380 g/mol. The number of unbranched alkanes of at least 4 members (excludes halogenated alkanes) is 38. The van der Waals surface area contributed by atoms with Crippen LogP contribution in [-0.4, -0.2) is 193 Å². The van der Waals surface area contributed by atoms with Crippen molar-refractivity contribution in [2.45, 2.75) is 413 Å². The Balaban J connectivity index is 1.37. The lowest BCUT2D eigenvalue weighted by Gasteiger charge is -2.48. The zero-order valence-corrected chi connectivity index (χ0v) is 60.6. The van der Waals surface area contributed by atoms with E-state index >= 15 is 0 Å². The van der Waals surface area contributed by atoms with Crippen LogP contribution in [0.25, 0.3) is 0 Å². The van der Waals surface area contributed by atoms with Gasteiger partial charge in [0.15, 0.2) is 18.9 Å². The zero-order valence-electron chi connectivity index (χ0n) is 60.6. The molecule has 0 bridgehead atoms. The molecule has 19 heteroatoms. The first-order valence-corrected chi connectivity index (χ1v) is 39.4. The molecule has 568 valence electrons. The molecule has 3 heterocycles. The second kappa shape index (κ2) is 59.2. The molecule has 0 aromatic carbocycles. The van der Waals surface area contributed by atoms with E-state index in [1.807, 2.05) is 0 Å². The molecule has 3 aliphatic rings. The number of allylic oxidation sites excluding steroid dienone is 8. The maximum Gasteiger partial charge on any atom is 0.220 e. The Morgan fingerprint density at radius 3 is 1.11 bits per heavy atom. The van der Waals surface area contributed by atoms with E-state index in [2.05, 4.69) is 67.8 Å². The van der Waals surface area contributed by atoms with Gasteiger partial charge in [-0.15, -0.1) is 0 Å². The molecule has 19 nitrogen and oxygen atoms in total. The normalized spacial score (nSPS) is 27.1. The summed E-state index contributed by atoms with van der Waals surface area (Å²) in [7, 11) is 0. The van der Waals surface area contributed by atoms with Gasteiger partial charge in [-0.25, -0.2) is 0 Å². The maximum atomic E-state index is 13.5. The van der Waals surface area contributed by atoms with Gasteiger partial charge in [-0.05, 0) is 51.4 Å². The van der Waals surface area contributed by atoms with Crippen LogP contribution >= 0.6 is 0 Å². The predicted molar refractivity (Wildman–Crippen MR) is 383 cm³/mol. The van der Waals surface area contributed by atoms with Crippen LogP contribution in [0, 0.1) is 0 Å². The second-order valence-corrected chi connectivity index (χ2v) is 28.2. The van der Waals surface area contributed by atoms with Gasteiger partial charge in [0.05, 0.1) is 38.6 Å². The van der Waals surface area contributed by atoms with Crippen molar-refractivity contribution in [1.29, 1.82) is 0 Å². The highest BCUT2D eigenvalue weighted by atomic mass is 16.8. The molecule has 0 aliphatic carbocycles. The Bertz CT molecular complexity index is 1940. The number of carbonyl (C=O) groups excluding carboxylic acids is 1. The maximum absolute atomic E-state index is 13.5. The van der Waals surface area contributed by atoms with E-state index in [0.717, 1.165) is 83.5 Å². The van der Waals surface area contributed by atoms with E-state index in [9.17, 15) is 61.0 Å². The van der Waals surface area contributed by atoms with Crippen LogP contribution in [0.1, 0.15) is 309 Å². The molecule has 0 saturated carbocycles. The van der Waals surface area contributed by atoms with E-state index in [-0.39, 0.29) is 18.9 Å². The highest BCUT2D eigenvalue weighted by Crippen LogP contribution is 2.33. The fourth-order valence-corrected chi connectivity index (χ4v) is 13.4. The lowest BCUT2D eigenvalue weighted by atomic mass is 9.96. The first-order chi connectivity index (χ1) is 47.3. The number of hydrogen-bond donors (Lipinski definition) is 12. The molecule has 3 fully saturated rings. The van der Waals surface area contributed by atoms with E-state index < -0.39 is 124 Å². The van der Waals surface area contributed by atoms with Crippen molar-refractivity contribution in [2.75, 3.05) is 26.4 Å². The van der Waals surface area contributed by atoms with Crippen molar-refractivity contribution in [3.63, 3.8) is 0 Å². The molecular weight excluding hydrogens is 1240 g/mol. The summed E-state index contributed by atoms with van der Waals surface area (Å²) in [6, 6.07) is -0.895. The van der Waals surface area contributed by atoms with E-state index in [4.69, 9.17) is 28.4 Å². The molecule has 0 radical (unpaired) electrons. The number of hydrogen-bond acceptors (Lipinski definition) is 18. The summed E-state index contributed by atoms with van der Waals surface area (Å²) in [6.45, 7) is 1.72. The van der Waals surface area contributed by atoms with Crippen LogP contribution in [0.4, 0.5) is 0 Å². The van der Waals surface area contributed by atoms with Gasteiger partial charge in [0.2, 0.25) is 5.91 Å². The molecule has 17 atom stereocenters. The van der Waals surface area contributed by atoms with E-state index in [1.165, 1.54) is 193 Å². The fraction of sp³-hybridized carbons (Fsp3) is 0.885. The molecule has 97 heavy (non-hydrogen) atoms. The minimum Gasteiger partial charge on any atom is -0.394 e. The van der Waals surface area contributed by atoms with Crippen molar-refractivity contribution < 1.29 is 89.4 Å². The molecule has 0 aromatic heterocycles. The van der Waals surface area contributed by atoms with Crippen LogP contribution in [0.5, 0.6) is 0 Å². The van der Waals surface area contributed by atoms with Crippen LogP contribution in [-0.2, 0) is 33.2 Å². The Morgan fingerprint density at radius 1 is 0.381 bits per heavy atom. The van der Waals surface area contributed by atoms with Crippen LogP contribution in [0.2, 0.25) is 0 Å². The van der Waals surface area contributed by atoms with Gasteiger partial charge in [-0.3, -0.25) is 4.79 Å². The summed E-state index contributed by atoms with van der Waals surface area (Å²) in [6.07, 6.45) is 46.3. The molecule has 1 amide bonds. The summed E-state index contributed by atoms with van der Waals surface area (Å²) in [5.74, 6) is -0.249. The first kappa shape index (κ1) is 89.0. The Kier molecular flexibility index (Phi) is 54.3. The lowest BCUT2D eigenvalue weighted by molar-refractivity contribution is -0.379. The minimum absolute atomic E-state index is 0.249. The second-order valence-electron chi connectivity index (χ2n) is 28.2. The Hall–Kier alpha value is -2.25. The molecule has 0 aromatic rings. The average Bonchev–Trinajstić information content (AvgIpc) is 0.789. The fourth-order valence-electron chi connectivity index (χ4n) is 13.4. The smallest absolute Gasteiger partial charge is 0.220 e. The van der Waals surface area contributed by atoms with Gasteiger partial charge in [-0.1, -0.05) is 300 Å². The number of rotatable bonds is 62. The summed E-state index contributed by atoms with van der Waals surface area (Å²) in [5, 5.41) is 121. The molecule has 12 N–H and O–H groups in total. The van der Waals surface area contributed by atoms with Gasteiger partial charge in [0.1, 0.15) is 73.2 Å². The van der Waals surface area contributed by atoms with Crippen molar-refractivity contribution in [1.82, 2.24) is 5.32 Å². The predicted octanol–water partition coefficient (Wildman–Crippen LogP) is 12.5. The summed E-state index contributed by atoms with van der Waals surface area (Å²) >= 11 is 0. The topological polar surface area (TPSA) is 307 Å². The standard InChI is InChI=1S/C78H143NO18/c1-3-5-7-9-11-13-15-17-19-21-23-25-26-27-28-29-30-31-32-33-34-36-37-39-41-43-45-47-49-51-53-55-62(83)61(79-66(84)56-54-52-50-48-46-44-42-40-38-35-24-22-20-18-16-14-12-10-8-6-4-2)60-92-76-72(90)69(87)74(64(58-81)94-76)97-78-73(91)70(88)75(65(59-82)95-78)96-77-71(89)68(86)67(85)63(57-80)93-77/h6,8,12,14,18,20,24,35,61-65,67-78,80-83,85-91H,3-5,7,9-11,13,15-17,19,21-23,25-34,36-60H2,1-2H3,(H,79,84)/b8-6-,14-12-,20-18-,35-24-. The highest BCUT2D eigenvalue weighted by Gasteiger charge is 2.54. The summed E-state index contributed by atoms with van der Waals surface area (Å²) in [5.41, 5.74) is 0. The zero-order chi connectivity index (χ0) is 70.4. The number of aliphatic hydroxyl groups excluding tert-OH is 11. The summed E-state index contributed by atoms with van der Waals surface area (Å²) in [4.78, 5) is 13.5. The number of nitrogens with one attached hydrogen (secondary N) is 1. The SMILES string of the molecule is CC/C=C\C/C=C\C/C=C\C/C=C\CCCCCCCCCCC(=O)NC(COC1OC(CO)C(OC2OC(CO)C(OC3OC(CO)C(O)C(O)C3O)C(O)C2O)C(O)C1O)C(O)CCCCCCCCCCCCCCCCCCCCCCCCCCCCCCCCC. The molecule has 3 rings (SSSR count). The van der Waals surface area contributed by atoms with Gasteiger partial charge in [0.25, 0.3) is 0 Å². The van der Waals surface area contributed by atoms with Gasteiger partial charge >= 0.3 is 0 Å². The number of carbonyl (C=O) groups is 1. The van der Waals surface area contributed by atoms with Crippen molar-refractivity contribution in [3.05, 3.63) is 48.6 Å². The van der Waals surface area contributed by atoms with Crippen LogP contribution < -0.4 is 5.32 Å². The van der Waals surface area contributed by atoms with Gasteiger partial charge in [-0.2, -0.15) is 0 Å². The lowest BCUT2D eigenvalue weighted by Crippen LogP contribution is -2.66.